The summed E-state index contributed by atoms with van der Waals surface area (Å²) < 4.78 is 0. The molecule has 1 N–H and O–H groups in total. The minimum absolute atomic E-state index is 0.0169. The van der Waals surface area contributed by atoms with Crippen molar-refractivity contribution in [3.63, 3.8) is 0 Å². The van der Waals surface area contributed by atoms with Crippen molar-refractivity contribution < 1.29 is 9.59 Å². The van der Waals surface area contributed by atoms with Crippen molar-refractivity contribution in [1.82, 2.24) is 10.2 Å². The van der Waals surface area contributed by atoms with E-state index in [1.165, 1.54) is 0 Å². The molecule has 156 valence electrons. The summed E-state index contributed by atoms with van der Waals surface area (Å²) in [5, 5.41) is 3.98. The molecule has 0 aliphatic heterocycles. The number of hydrogen-bond donors (Lipinski definition) is 1. The van der Waals surface area contributed by atoms with Crippen LogP contribution in [0.4, 0.5) is 0 Å². The highest BCUT2D eigenvalue weighted by molar-refractivity contribution is 6.36. The van der Waals surface area contributed by atoms with Crippen LogP contribution in [-0.2, 0) is 22.6 Å². The van der Waals surface area contributed by atoms with Gasteiger partial charge in [0.1, 0.15) is 6.04 Å². The Morgan fingerprint density at radius 1 is 1.00 bits per heavy atom. The van der Waals surface area contributed by atoms with Crippen LogP contribution in [0.5, 0.6) is 0 Å². The van der Waals surface area contributed by atoms with Crippen LogP contribution in [0, 0.1) is 0 Å². The SMILES string of the molecule is CCC(=O)N(Cc1c(Cl)cccc1Cl)[C@@H](Cc1ccccc1)C(=O)N[C@@H](C)CC. The van der Waals surface area contributed by atoms with Crippen molar-refractivity contribution in [3.8, 4) is 0 Å². The fourth-order valence-electron chi connectivity index (χ4n) is 3.05. The van der Waals surface area contributed by atoms with E-state index in [2.05, 4.69) is 5.32 Å². The Morgan fingerprint density at radius 2 is 1.62 bits per heavy atom. The molecule has 29 heavy (non-hydrogen) atoms. The summed E-state index contributed by atoms with van der Waals surface area (Å²) in [4.78, 5) is 27.7. The van der Waals surface area contributed by atoms with Crippen molar-refractivity contribution in [2.45, 2.75) is 58.7 Å². The maximum absolute atomic E-state index is 13.2. The van der Waals surface area contributed by atoms with Gasteiger partial charge in [0.25, 0.3) is 0 Å². The largest absolute Gasteiger partial charge is 0.352 e. The minimum Gasteiger partial charge on any atom is -0.352 e. The predicted octanol–water partition coefficient (Wildman–Crippen LogP) is 5.26. The van der Waals surface area contributed by atoms with Gasteiger partial charge in [0, 0.05) is 41.0 Å². The number of carbonyl (C=O) groups is 2. The van der Waals surface area contributed by atoms with Gasteiger partial charge < -0.3 is 10.2 Å². The number of rotatable bonds is 9. The van der Waals surface area contributed by atoms with Gasteiger partial charge in [-0.25, -0.2) is 0 Å². The Labute approximate surface area is 183 Å². The zero-order valence-corrected chi connectivity index (χ0v) is 18.6. The lowest BCUT2D eigenvalue weighted by molar-refractivity contribution is -0.141. The van der Waals surface area contributed by atoms with E-state index in [0.29, 0.717) is 22.0 Å². The molecule has 2 rings (SSSR count). The van der Waals surface area contributed by atoms with Gasteiger partial charge in [0.15, 0.2) is 0 Å². The quantitative estimate of drug-likeness (QED) is 0.584. The van der Waals surface area contributed by atoms with Crippen molar-refractivity contribution in [2.24, 2.45) is 0 Å². The van der Waals surface area contributed by atoms with Crippen LogP contribution in [0.25, 0.3) is 0 Å². The molecule has 0 saturated carbocycles. The Hall–Kier alpha value is -2.04. The lowest BCUT2D eigenvalue weighted by atomic mass is 10.0. The zero-order chi connectivity index (χ0) is 21.4. The number of halogens is 2. The summed E-state index contributed by atoms with van der Waals surface area (Å²) in [5.74, 6) is -0.297. The highest BCUT2D eigenvalue weighted by Crippen LogP contribution is 2.27. The summed E-state index contributed by atoms with van der Waals surface area (Å²) in [6.07, 6.45) is 1.50. The van der Waals surface area contributed by atoms with E-state index in [1.807, 2.05) is 44.2 Å². The molecule has 4 nitrogen and oxygen atoms in total. The molecule has 2 atom stereocenters. The first-order chi connectivity index (χ1) is 13.9. The van der Waals surface area contributed by atoms with Gasteiger partial charge in [0.2, 0.25) is 11.8 Å². The summed E-state index contributed by atoms with van der Waals surface area (Å²) in [5.41, 5.74) is 1.63. The minimum atomic E-state index is -0.661. The van der Waals surface area contributed by atoms with E-state index >= 15 is 0 Å². The summed E-state index contributed by atoms with van der Waals surface area (Å²) in [6, 6.07) is 14.3. The third kappa shape index (κ3) is 6.48. The third-order valence-electron chi connectivity index (χ3n) is 4.96. The molecule has 2 aromatic rings. The zero-order valence-electron chi connectivity index (χ0n) is 17.1. The van der Waals surface area contributed by atoms with Gasteiger partial charge in [-0.3, -0.25) is 9.59 Å². The number of nitrogens with one attached hydrogen (secondary N) is 1. The molecule has 0 bridgehead atoms. The van der Waals surface area contributed by atoms with E-state index in [1.54, 1.807) is 30.0 Å². The second kappa shape index (κ2) is 11.2. The normalized spacial score (nSPS) is 12.9. The number of hydrogen-bond acceptors (Lipinski definition) is 2. The van der Waals surface area contributed by atoms with Crippen molar-refractivity contribution in [2.75, 3.05) is 0 Å². The first-order valence-corrected chi connectivity index (χ1v) is 10.7. The second-order valence-electron chi connectivity index (χ2n) is 7.10. The van der Waals surface area contributed by atoms with Crippen LogP contribution in [0.1, 0.15) is 44.7 Å². The summed E-state index contributed by atoms with van der Waals surface area (Å²) >= 11 is 12.7. The van der Waals surface area contributed by atoms with Crippen LogP contribution >= 0.6 is 23.2 Å². The fraction of sp³-hybridized carbons (Fsp3) is 0.391. The molecule has 2 aromatic carbocycles. The molecule has 0 fully saturated rings. The summed E-state index contributed by atoms with van der Waals surface area (Å²) in [6.45, 7) is 5.93. The van der Waals surface area contributed by atoms with Gasteiger partial charge in [-0.05, 0) is 31.0 Å². The Kier molecular flexibility index (Phi) is 8.99. The van der Waals surface area contributed by atoms with E-state index in [0.717, 1.165) is 12.0 Å². The first-order valence-electron chi connectivity index (χ1n) is 9.94. The first kappa shape index (κ1) is 23.2. The molecule has 2 amide bonds. The summed E-state index contributed by atoms with van der Waals surface area (Å²) in [7, 11) is 0. The van der Waals surface area contributed by atoms with Crippen LogP contribution in [0.2, 0.25) is 10.0 Å². The maximum Gasteiger partial charge on any atom is 0.243 e. The average molecular weight is 435 g/mol. The smallest absolute Gasteiger partial charge is 0.243 e. The Bertz CT molecular complexity index is 807. The van der Waals surface area contributed by atoms with Crippen LogP contribution in [0.3, 0.4) is 0 Å². The number of benzene rings is 2. The van der Waals surface area contributed by atoms with Crippen LogP contribution in [0.15, 0.2) is 48.5 Å². The van der Waals surface area contributed by atoms with Crippen LogP contribution in [-0.4, -0.2) is 28.8 Å². The average Bonchev–Trinajstić information content (AvgIpc) is 2.72. The maximum atomic E-state index is 13.2. The molecule has 0 aliphatic rings. The van der Waals surface area contributed by atoms with Crippen molar-refractivity contribution in [3.05, 3.63) is 69.7 Å². The van der Waals surface area contributed by atoms with E-state index in [4.69, 9.17) is 23.2 Å². The molecule has 0 aromatic heterocycles. The number of amides is 2. The molecule has 0 radical (unpaired) electrons. The monoisotopic (exact) mass is 434 g/mol. The second-order valence-corrected chi connectivity index (χ2v) is 7.91. The molecule has 0 unspecified atom stereocenters. The number of nitrogens with zero attached hydrogens (tertiary/aromatic N) is 1. The number of carbonyl (C=O) groups excluding carboxylic acids is 2. The van der Waals surface area contributed by atoms with Crippen molar-refractivity contribution in [1.29, 1.82) is 0 Å². The Morgan fingerprint density at radius 3 is 2.17 bits per heavy atom. The highest BCUT2D eigenvalue weighted by Gasteiger charge is 2.31. The van der Waals surface area contributed by atoms with E-state index < -0.39 is 6.04 Å². The lowest BCUT2D eigenvalue weighted by Gasteiger charge is -2.32. The molecule has 0 spiro atoms. The molecular formula is C23H28Cl2N2O2. The predicted molar refractivity (Wildman–Crippen MR) is 119 cm³/mol. The van der Waals surface area contributed by atoms with E-state index in [-0.39, 0.29) is 30.8 Å². The van der Waals surface area contributed by atoms with Gasteiger partial charge in [-0.15, -0.1) is 0 Å². The molecule has 6 heteroatoms. The topological polar surface area (TPSA) is 49.4 Å². The van der Waals surface area contributed by atoms with Gasteiger partial charge >= 0.3 is 0 Å². The van der Waals surface area contributed by atoms with Gasteiger partial charge in [0.05, 0.1) is 0 Å². The third-order valence-corrected chi connectivity index (χ3v) is 5.67. The highest BCUT2D eigenvalue weighted by atomic mass is 35.5. The molecule has 0 saturated heterocycles. The molecule has 0 aliphatic carbocycles. The Balaban J connectivity index is 2.42. The van der Waals surface area contributed by atoms with Gasteiger partial charge in [-0.2, -0.15) is 0 Å². The van der Waals surface area contributed by atoms with Crippen molar-refractivity contribution >= 4 is 35.0 Å². The molecule has 0 heterocycles. The lowest BCUT2D eigenvalue weighted by Crippen LogP contribution is -2.52. The van der Waals surface area contributed by atoms with Gasteiger partial charge in [-0.1, -0.05) is 73.4 Å². The molecular weight excluding hydrogens is 407 g/mol. The van der Waals surface area contributed by atoms with E-state index in [9.17, 15) is 9.59 Å². The fourth-order valence-corrected chi connectivity index (χ4v) is 3.57. The van der Waals surface area contributed by atoms with Crippen LogP contribution < -0.4 is 5.32 Å². The standard InChI is InChI=1S/C23H28Cl2N2O2/c1-4-16(3)26-23(29)21(14-17-10-7-6-8-11-17)27(22(28)5-2)15-18-19(24)12-9-13-20(18)25/h6-13,16,21H,4-5,14-15H2,1-3H3,(H,26,29)/t16-,21-/m0/s1.